The molecule has 0 aliphatic carbocycles. The van der Waals surface area contributed by atoms with Gasteiger partial charge in [0, 0.05) is 17.2 Å². The van der Waals surface area contributed by atoms with E-state index in [2.05, 4.69) is 11.1 Å². The minimum absolute atomic E-state index is 0.0712. The molecular formula is C19H14N2O2S. The highest BCUT2D eigenvalue weighted by Gasteiger charge is 2.14. The predicted octanol–water partition coefficient (Wildman–Crippen LogP) is 4.66. The van der Waals surface area contributed by atoms with Crippen LogP contribution in [0.5, 0.6) is 11.5 Å². The first kappa shape index (κ1) is 15.8. The molecule has 1 aromatic heterocycles. The fourth-order valence-electron chi connectivity index (χ4n) is 2.52. The number of aromatic nitrogens is 1. The van der Waals surface area contributed by atoms with Gasteiger partial charge in [-0.2, -0.15) is 5.26 Å². The number of phenols is 1. The quantitative estimate of drug-likeness (QED) is 0.683. The fourth-order valence-corrected chi connectivity index (χ4v) is 2.73. The van der Waals surface area contributed by atoms with E-state index in [-0.39, 0.29) is 5.75 Å². The first-order valence-corrected chi connectivity index (χ1v) is 7.65. The van der Waals surface area contributed by atoms with Gasteiger partial charge in [0.1, 0.15) is 22.2 Å². The number of rotatable bonds is 3. The Balaban J connectivity index is 2.30. The van der Waals surface area contributed by atoms with Crippen molar-refractivity contribution in [2.75, 3.05) is 7.11 Å². The van der Waals surface area contributed by atoms with Crippen LogP contribution in [-0.2, 0) is 0 Å². The van der Waals surface area contributed by atoms with Crippen molar-refractivity contribution < 1.29 is 9.84 Å². The fraction of sp³-hybridized carbons (Fsp3) is 0.0526. The summed E-state index contributed by atoms with van der Waals surface area (Å²) in [6.07, 6.45) is 0. The van der Waals surface area contributed by atoms with Crippen molar-refractivity contribution in [3.63, 3.8) is 0 Å². The number of ether oxygens (including phenoxy) is 1. The summed E-state index contributed by atoms with van der Waals surface area (Å²) in [6, 6.07) is 18.5. The smallest absolute Gasteiger partial charge is 0.128 e. The molecule has 3 aromatic rings. The minimum atomic E-state index is 0.0712. The van der Waals surface area contributed by atoms with Crippen LogP contribution in [0.2, 0.25) is 0 Å². The average molecular weight is 334 g/mol. The van der Waals surface area contributed by atoms with Crippen molar-refractivity contribution in [3.05, 3.63) is 64.8 Å². The standard InChI is InChI=1S/C19H14N2O2S/c1-23-14-7-8-15(17(22)10-14)18-16(12-5-3-2-4-6-12)9-13(11-20)19(24)21-18/h2-10,22H,1H3,(H,21,24). The Bertz CT molecular complexity index is 988. The number of phenolic OH excluding ortho intramolecular Hbond substituents is 1. The van der Waals surface area contributed by atoms with Crippen LogP contribution in [-0.4, -0.2) is 17.2 Å². The number of hydrogen-bond acceptors (Lipinski definition) is 4. The molecule has 2 aromatic carbocycles. The van der Waals surface area contributed by atoms with Crippen molar-refractivity contribution in [1.82, 2.24) is 4.98 Å². The predicted molar refractivity (Wildman–Crippen MR) is 95.4 cm³/mol. The SMILES string of the molecule is COc1ccc(-c2[nH]c(=S)c(C#N)cc2-c2ccccc2)c(O)c1. The van der Waals surface area contributed by atoms with E-state index in [1.54, 1.807) is 31.4 Å². The molecule has 24 heavy (non-hydrogen) atoms. The molecule has 1 heterocycles. The second-order valence-electron chi connectivity index (χ2n) is 5.16. The van der Waals surface area contributed by atoms with E-state index >= 15 is 0 Å². The maximum Gasteiger partial charge on any atom is 0.128 e. The molecular weight excluding hydrogens is 320 g/mol. The number of aromatic hydroxyl groups is 1. The molecule has 0 aliphatic heterocycles. The zero-order valence-electron chi connectivity index (χ0n) is 12.9. The minimum Gasteiger partial charge on any atom is -0.507 e. The number of hydrogen-bond donors (Lipinski definition) is 2. The highest BCUT2D eigenvalue weighted by atomic mass is 32.1. The molecule has 0 atom stereocenters. The van der Waals surface area contributed by atoms with Crippen molar-refractivity contribution in [2.45, 2.75) is 0 Å². The first-order valence-electron chi connectivity index (χ1n) is 7.24. The van der Waals surface area contributed by atoms with Crippen LogP contribution >= 0.6 is 12.2 Å². The van der Waals surface area contributed by atoms with Crippen LogP contribution in [0.3, 0.4) is 0 Å². The van der Waals surface area contributed by atoms with Crippen LogP contribution in [0.15, 0.2) is 54.6 Å². The Morgan fingerprint density at radius 1 is 1.08 bits per heavy atom. The second-order valence-corrected chi connectivity index (χ2v) is 5.57. The molecule has 0 saturated heterocycles. The number of pyridine rings is 1. The normalized spacial score (nSPS) is 10.2. The molecule has 0 unspecified atom stereocenters. The van der Waals surface area contributed by atoms with E-state index in [0.29, 0.717) is 27.2 Å². The van der Waals surface area contributed by atoms with Gasteiger partial charge in [0.15, 0.2) is 0 Å². The number of benzene rings is 2. The Labute approximate surface area is 144 Å². The molecule has 0 bridgehead atoms. The first-order chi connectivity index (χ1) is 11.6. The van der Waals surface area contributed by atoms with Crippen molar-refractivity contribution in [2.24, 2.45) is 0 Å². The number of nitrogens with one attached hydrogen (secondary N) is 1. The number of nitriles is 1. The Morgan fingerprint density at radius 3 is 2.46 bits per heavy atom. The van der Waals surface area contributed by atoms with Crippen LogP contribution in [0.1, 0.15) is 5.56 Å². The summed E-state index contributed by atoms with van der Waals surface area (Å²) >= 11 is 5.26. The highest BCUT2D eigenvalue weighted by molar-refractivity contribution is 7.71. The molecule has 0 radical (unpaired) electrons. The largest absolute Gasteiger partial charge is 0.507 e. The maximum absolute atomic E-state index is 10.4. The summed E-state index contributed by atoms with van der Waals surface area (Å²) in [5, 5.41) is 19.6. The van der Waals surface area contributed by atoms with Crippen LogP contribution in [0.25, 0.3) is 22.4 Å². The maximum atomic E-state index is 10.4. The molecule has 0 aliphatic rings. The third-order valence-corrected chi connectivity index (χ3v) is 4.04. The summed E-state index contributed by atoms with van der Waals surface area (Å²) in [7, 11) is 1.54. The topological polar surface area (TPSA) is 69.0 Å². The summed E-state index contributed by atoms with van der Waals surface area (Å²) in [5.41, 5.74) is 3.35. The second kappa shape index (κ2) is 6.57. The number of methoxy groups -OCH3 is 1. The van der Waals surface area contributed by atoms with Gasteiger partial charge in [-0.05, 0) is 23.8 Å². The molecule has 0 amide bonds. The van der Waals surface area contributed by atoms with E-state index < -0.39 is 0 Å². The Morgan fingerprint density at radius 2 is 1.83 bits per heavy atom. The van der Waals surface area contributed by atoms with Gasteiger partial charge >= 0.3 is 0 Å². The third-order valence-electron chi connectivity index (χ3n) is 3.72. The molecule has 2 N–H and O–H groups in total. The summed E-state index contributed by atoms with van der Waals surface area (Å²) in [5.74, 6) is 0.631. The lowest BCUT2D eigenvalue weighted by atomic mass is 9.97. The average Bonchev–Trinajstić information content (AvgIpc) is 2.62. The molecule has 118 valence electrons. The lowest BCUT2D eigenvalue weighted by molar-refractivity contribution is 0.408. The molecule has 0 spiro atoms. The van der Waals surface area contributed by atoms with E-state index in [9.17, 15) is 10.4 Å². The third kappa shape index (κ3) is 2.87. The van der Waals surface area contributed by atoms with Crippen molar-refractivity contribution in [1.29, 1.82) is 5.26 Å². The van der Waals surface area contributed by atoms with E-state index in [1.165, 1.54) is 0 Å². The van der Waals surface area contributed by atoms with Gasteiger partial charge < -0.3 is 14.8 Å². The number of H-pyrrole nitrogens is 1. The summed E-state index contributed by atoms with van der Waals surface area (Å²) < 4.78 is 5.46. The molecule has 3 rings (SSSR count). The zero-order valence-corrected chi connectivity index (χ0v) is 13.7. The van der Waals surface area contributed by atoms with Gasteiger partial charge in [0.05, 0.1) is 18.4 Å². The summed E-state index contributed by atoms with van der Waals surface area (Å²) in [6.45, 7) is 0. The van der Waals surface area contributed by atoms with Gasteiger partial charge in [-0.1, -0.05) is 42.5 Å². The van der Waals surface area contributed by atoms with Crippen molar-refractivity contribution >= 4 is 12.2 Å². The molecule has 0 fully saturated rings. The lowest BCUT2D eigenvalue weighted by Gasteiger charge is -2.13. The van der Waals surface area contributed by atoms with Gasteiger partial charge in [0.2, 0.25) is 0 Å². The Hall–Kier alpha value is -3.10. The van der Waals surface area contributed by atoms with E-state index in [4.69, 9.17) is 17.0 Å². The lowest BCUT2D eigenvalue weighted by Crippen LogP contribution is -1.94. The van der Waals surface area contributed by atoms with Gasteiger partial charge in [-0.15, -0.1) is 0 Å². The number of nitrogens with zero attached hydrogens (tertiary/aromatic N) is 1. The molecule has 4 nitrogen and oxygen atoms in total. The zero-order chi connectivity index (χ0) is 17.1. The van der Waals surface area contributed by atoms with Crippen molar-refractivity contribution in [3.8, 4) is 40.0 Å². The van der Waals surface area contributed by atoms with Crippen LogP contribution in [0, 0.1) is 16.0 Å². The van der Waals surface area contributed by atoms with Gasteiger partial charge in [0.25, 0.3) is 0 Å². The number of aromatic amines is 1. The Kier molecular flexibility index (Phi) is 4.32. The van der Waals surface area contributed by atoms with Gasteiger partial charge in [-0.3, -0.25) is 0 Å². The summed E-state index contributed by atoms with van der Waals surface area (Å²) in [4.78, 5) is 3.08. The van der Waals surface area contributed by atoms with E-state index in [1.807, 2.05) is 30.3 Å². The van der Waals surface area contributed by atoms with Crippen LogP contribution < -0.4 is 4.74 Å². The molecule has 5 heteroatoms. The van der Waals surface area contributed by atoms with Gasteiger partial charge in [-0.25, -0.2) is 0 Å². The highest BCUT2D eigenvalue weighted by Crippen LogP contribution is 2.37. The van der Waals surface area contributed by atoms with E-state index in [0.717, 1.165) is 11.1 Å². The monoisotopic (exact) mass is 334 g/mol. The molecule has 0 saturated carbocycles. The van der Waals surface area contributed by atoms with Crippen LogP contribution in [0.4, 0.5) is 0 Å².